The summed E-state index contributed by atoms with van der Waals surface area (Å²) in [5.74, 6) is 0.797. The van der Waals surface area contributed by atoms with Gasteiger partial charge in [-0.15, -0.1) is 0 Å². The van der Waals surface area contributed by atoms with Crippen molar-refractivity contribution in [2.24, 2.45) is 0 Å². The van der Waals surface area contributed by atoms with Crippen LogP contribution in [0.4, 0.5) is 4.79 Å². The molecule has 0 spiro atoms. The third-order valence-electron chi connectivity index (χ3n) is 2.45. The van der Waals surface area contributed by atoms with E-state index >= 15 is 0 Å². The van der Waals surface area contributed by atoms with Gasteiger partial charge in [-0.2, -0.15) is 0 Å². The molecule has 0 fully saturated rings. The molecule has 1 N–H and O–H groups in total. The molecule has 0 saturated heterocycles. The Hall–Kier alpha value is -1.23. The van der Waals surface area contributed by atoms with Crippen LogP contribution >= 0.6 is 15.9 Å². The molecule has 1 aliphatic heterocycles. The van der Waals surface area contributed by atoms with Crippen LogP contribution < -0.4 is 10.1 Å². The second-order valence-corrected chi connectivity index (χ2v) is 6.11. The number of alkyl carbamates (subject to hydrolysis) is 1. The SMILES string of the molecule is CC(C)(C)OC(=O)N[C@@H]1COc2cc(Br)ccc21. The smallest absolute Gasteiger partial charge is 0.408 e. The maximum atomic E-state index is 11.7. The zero-order valence-electron chi connectivity index (χ0n) is 10.6. The molecule has 18 heavy (non-hydrogen) atoms. The fourth-order valence-corrected chi connectivity index (χ4v) is 2.09. The van der Waals surface area contributed by atoms with Crippen molar-refractivity contribution in [3.63, 3.8) is 0 Å². The lowest BCUT2D eigenvalue weighted by atomic mass is 10.1. The van der Waals surface area contributed by atoms with E-state index in [0.29, 0.717) is 6.61 Å². The van der Waals surface area contributed by atoms with E-state index in [-0.39, 0.29) is 6.04 Å². The van der Waals surface area contributed by atoms with Gasteiger partial charge in [-0.3, -0.25) is 0 Å². The maximum Gasteiger partial charge on any atom is 0.408 e. The van der Waals surface area contributed by atoms with E-state index in [1.54, 1.807) is 0 Å². The Balaban J connectivity index is 2.04. The fraction of sp³-hybridized carbons (Fsp3) is 0.462. The number of halogens is 1. The van der Waals surface area contributed by atoms with Crippen molar-refractivity contribution in [2.75, 3.05) is 6.61 Å². The Morgan fingerprint density at radius 2 is 2.22 bits per heavy atom. The van der Waals surface area contributed by atoms with Gasteiger partial charge in [0.05, 0.1) is 6.04 Å². The average molecular weight is 314 g/mol. The predicted octanol–water partition coefficient (Wildman–Crippen LogP) is 3.41. The van der Waals surface area contributed by atoms with Crippen LogP contribution in [0.3, 0.4) is 0 Å². The lowest BCUT2D eigenvalue weighted by Crippen LogP contribution is -2.35. The lowest BCUT2D eigenvalue weighted by molar-refractivity contribution is 0.0497. The number of fused-ring (bicyclic) bond motifs is 1. The van der Waals surface area contributed by atoms with E-state index in [1.165, 1.54) is 0 Å². The number of rotatable bonds is 1. The Morgan fingerprint density at radius 1 is 1.50 bits per heavy atom. The molecule has 1 atom stereocenters. The zero-order chi connectivity index (χ0) is 13.3. The molecule has 1 aromatic carbocycles. The molecule has 0 bridgehead atoms. The molecule has 4 nitrogen and oxygen atoms in total. The molecule has 5 heteroatoms. The van der Waals surface area contributed by atoms with Crippen LogP contribution in [-0.4, -0.2) is 18.3 Å². The Kier molecular flexibility index (Phi) is 3.52. The molecule has 1 heterocycles. The molecule has 0 saturated carbocycles. The van der Waals surface area contributed by atoms with Crippen molar-refractivity contribution < 1.29 is 14.3 Å². The number of hydrogen-bond donors (Lipinski definition) is 1. The number of carbonyl (C=O) groups excluding carboxylic acids is 1. The van der Waals surface area contributed by atoms with Crippen molar-refractivity contribution in [3.05, 3.63) is 28.2 Å². The number of carbonyl (C=O) groups is 1. The van der Waals surface area contributed by atoms with Crippen LogP contribution in [0, 0.1) is 0 Å². The van der Waals surface area contributed by atoms with E-state index in [1.807, 2.05) is 39.0 Å². The monoisotopic (exact) mass is 313 g/mol. The van der Waals surface area contributed by atoms with E-state index in [9.17, 15) is 4.79 Å². The Bertz CT molecular complexity index is 468. The zero-order valence-corrected chi connectivity index (χ0v) is 12.2. The summed E-state index contributed by atoms with van der Waals surface area (Å²) >= 11 is 3.38. The van der Waals surface area contributed by atoms with Crippen LogP contribution in [0.25, 0.3) is 0 Å². The number of nitrogens with one attached hydrogen (secondary N) is 1. The molecule has 0 radical (unpaired) electrons. The van der Waals surface area contributed by atoms with Crippen LogP contribution in [-0.2, 0) is 4.74 Å². The lowest BCUT2D eigenvalue weighted by Gasteiger charge is -2.21. The first kappa shape index (κ1) is 13.2. The van der Waals surface area contributed by atoms with Gasteiger partial charge < -0.3 is 14.8 Å². The van der Waals surface area contributed by atoms with Gasteiger partial charge in [0.2, 0.25) is 0 Å². The summed E-state index contributed by atoms with van der Waals surface area (Å²) < 4.78 is 11.7. The quantitative estimate of drug-likeness (QED) is 0.864. The summed E-state index contributed by atoms with van der Waals surface area (Å²) in [5.41, 5.74) is 0.482. The summed E-state index contributed by atoms with van der Waals surface area (Å²) in [6.07, 6.45) is -0.424. The van der Waals surface area contributed by atoms with E-state index in [0.717, 1.165) is 15.8 Å². The number of ether oxygens (including phenoxy) is 2. The molecule has 1 amide bonds. The third-order valence-corrected chi connectivity index (χ3v) is 2.94. The summed E-state index contributed by atoms with van der Waals surface area (Å²) in [4.78, 5) is 11.7. The van der Waals surface area contributed by atoms with Gasteiger partial charge in [-0.05, 0) is 32.9 Å². The number of hydrogen-bond acceptors (Lipinski definition) is 3. The highest BCUT2D eigenvalue weighted by atomic mass is 79.9. The number of benzene rings is 1. The first-order chi connectivity index (χ1) is 8.35. The van der Waals surface area contributed by atoms with Crippen molar-refractivity contribution in [2.45, 2.75) is 32.4 Å². The van der Waals surface area contributed by atoms with Gasteiger partial charge in [-0.25, -0.2) is 4.79 Å². The average Bonchev–Trinajstić information content (AvgIpc) is 2.57. The molecule has 0 aliphatic carbocycles. The van der Waals surface area contributed by atoms with Crippen LogP contribution in [0.15, 0.2) is 22.7 Å². The standard InChI is InChI=1S/C13H16BrNO3/c1-13(2,3)18-12(16)15-10-7-17-11-6-8(14)4-5-9(10)11/h4-6,10H,7H2,1-3H3,(H,15,16)/t10-/m1/s1. The molecule has 98 valence electrons. The molecule has 1 aromatic rings. The predicted molar refractivity (Wildman–Crippen MR) is 71.7 cm³/mol. The minimum absolute atomic E-state index is 0.150. The van der Waals surface area contributed by atoms with Crippen molar-refractivity contribution in [1.82, 2.24) is 5.32 Å². The van der Waals surface area contributed by atoms with Crippen molar-refractivity contribution in [1.29, 1.82) is 0 Å². The van der Waals surface area contributed by atoms with Gasteiger partial charge in [0.25, 0.3) is 0 Å². The molecule has 1 aliphatic rings. The van der Waals surface area contributed by atoms with Gasteiger partial charge in [0.15, 0.2) is 0 Å². The topological polar surface area (TPSA) is 47.6 Å². The molecule has 0 unspecified atom stereocenters. The van der Waals surface area contributed by atoms with Gasteiger partial charge in [-0.1, -0.05) is 22.0 Å². The van der Waals surface area contributed by atoms with E-state index in [4.69, 9.17) is 9.47 Å². The molecule has 2 rings (SSSR count). The summed E-state index contributed by atoms with van der Waals surface area (Å²) in [5, 5.41) is 2.81. The number of amides is 1. The van der Waals surface area contributed by atoms with Crippen LogP contribution in [0.5, 0.6) is 5.75 Å². The van der Waals surface area contributed by atoms with Crippen LogP contribution in [0.2, 0.25) is 0 Å². The molecule has 0 aromatic heterocycles. The van der Waals surface area contributed by atoms with E-state index in [2.05, 4.69) is 21.2 Å². The second kappa shape index (κ2) is 4.80. The summed E-state index contributed by atoms with van der Waals surface area (Å²) in [6.45, 7) is 5.94. The molecular weight excluding hydrogens is 298 g/mol. The third kappa shape index (κ3) is 3.16. The Labute approximate surface area is 115 Å². The first-order valence-electron chi connectivity index (χ1n) is 5.77. The highest BCUT2D eigenvalue weighted by Crippen LogP contribution is 2.34. The fourth-order valence-electron chi connectivity index (χ4n) is 1.75. The highest BCUT2D eigenvalue weighted by Gasteiger charge is 2.27. The van der Waals surface area contributed by atoms with Crippen molar-refractivity contribution >= 4 is 22.0 Å². The molecular formula is C13H16BrNO3. The first-order valence-corrected chi connectivity index (χ1v) is 6.56. The minimum atomic E-state index is -0.494. The summed E-state index contributed by atoms with van der Waals surface area (Å²) in [7, 11) is 0. The minimum Gasteiger partial charge on any atom is -0.491 e. The van der Waals surface area contributed by atoms with Gasteiger partial charge >= 0.3 is 6.09 Å². The van der Waals surface area contributed by atoms with Gasteiger partial charge in [0, 0.05) is 10.0 Å². The van der Waals surface area contributed by atoms with E-state index < -0.39 is 11.7 Å². The largest absolute Gasteiger partial charge is 0.491 e. The maximum absolute atomic E-state index is 11.7. The second-order valence-electron chi connectivity index (χ2n) is 5.19. The van der Waals surface area contributed by atoms with Crippen molar-refractivity contribution in [3.8, 4) is 5.75 Å². The van der Waals surface area contributed by atoms with Gasteiger partial charge in [0.1, 0.15) is 18.0 Å². The highest BCUT2D eigenvalue weighted by molar-refractivity contribution is 9.10. The Morgan fingerprint density at radius 3 is 2.89 bits per heavy atom. The normalized spacial score (nSPS) is 17.9. The van der Waals surface area contributed by atoms with Crippen LogP contribution in [0.1, 0.15) is 32.4 Å². The summed E-state index contributed by atoms with van der Waals surface area (Å²) in [6, 6.07) is 5.61.